The van der Waals surface area contributed by atoms with Crippen molar-refractivity contribution in [2.45, 2.75) is 70.1 Å². The van der Waals surface area contributed by atoms with E-state index in [0.717, 1.165) is 71.1 Å². The molecule has 0 aromatic heterocycles. The van der Waals surface area contributed by atoms with Gasteiger partial charge in [-0.2, -0.15) is 0 Å². The monoisotopic (exact) mass is 377 g/mol. The van der Waals surface area contributed by atoms with E-state index in [1.54, 1.807) is 0 Å². The second-order valence-electron chi connectivity index (χ2n) is 9.29. The lowest BCUT2D eigenvalue weighted by atomic mass is 9.82. The summed E-state index contributed by atoms with van der Waals surface area (Å²) in [5, 5.41) is 0. The Bertz CT molecular complexity index is 569. The molecule has 0 unspecified atom stereocenters. The number of hydrogen-bond donors (Lipinski definition) is 0. The van der Waals surface area contributed by atoms with Gasteiger partial charge in [-0.05, 0) is 45.1 Å². The van der Waals surface area contributed by atoms with E-state index in [1.165, 1.54) is 6.42 Å². The molecule has 2 amide bonds. The van der Waals surface area contributed by atoms with Crippen molar-refractivity contribution in [3.63, 3.8) is 0 Å². The van der Waals surface area contributed by atoms with E-state index < -0.39 is 11.8 Å². The van der Waals surface area contributed by atoms with Crippen LogP contribution < -0.4 is 0 Å². The quantitative estimate of drug-likeness (QED) is 0.739. The molecule has 152 valence electrons. The molecule has 2 heterocycles. The van der Waals surface area contributed by atoms with Gasteiger partial charge >= 0.3 is 0 Å². The van der Waals surface area contributed by atoms with Crippen molar-refractivity contribution in [2.75, 3.05) is 39.8 Å². The van der Waals surface area contributed by atoms with Crippen molar-refractivity contribution < 1.29 is 14.3 Å². The van der Waals surface area contributed by atoms with Crippen LogP contribution in [0.2, 0.25) is 0 Å². The number of rotatable bonds is 2. The number of nitrogens with zero attached hydrogens (tertiary/aromatic N) is 3. The molecule has 4 rings (SSSR count). The Kier molecular flexibility index (Phi) is 5.48. The first-order chi connectivity index (χ1) is 13.0. The minimum Gasteiger partial charge on any atom is -0.353 e. The fourth-order valence-corrected chi connectivity index (χ4v) is 5.63. The van der Waals surface area contributed by atoms with Crippen LogP contribution in [-0.2, 0) is 14.3 Å². The lowest BCUT2D eigenvalue weighted by molar-refractivity contribution is -0.168. The third-order valence-corrected chi connectivity index (χ3v) is 7.23. The smallest absolute Gasteiger partial charge is 0.247 e. The van der Waals surface area contributed by atoms with Gasteiger partial charge in [-0.1, -0.05) is 26.2 Å². The van der Waals surface area contributed by atoms with Crippen LogP contribution in [0, 0.1) is 11.8 Å². The molecule has 4 aliphatic rings. The molecular weight excluding hydrogens is 342 g/mol. The van der Waals surface area contributed by atoms with Gasteiger partial charge in [0.05, 0.1) is 6.61 Å². The summed E-state index contributed by atoms with van der Waals surface area (Å²) in [6.07, 6.45) is 8.21. The number of ether oxygens (including phenoxy) is 1. The van der Waals surface area contributed by atoms with Crippen LogP contribution in [-0.4, -0.2) is 78.1 Å². The Morgan fingerprint density at radius 1 is 0.963 bits per heavy atom. The number of carbonyl (C=O) groups excluding carboxylic acids is 2. The van der Waals surface area contributed by atoms with Gasteiger partial charge in [0.1, 0.15) is 11.8 Å². The minimum absolute atomic E-state index is 0.0867. The minimum atomic E-state index is -0.537. The van der Waals surface area contributed by atoms with Gasteiger partial charge in [0.25, 0.3) is 0 Å². The molecule has 4 fully saturated rings. The van der Waals surface area contributed by atoms with Crippen LogP contribution in [0.1, 0.15) is 58.3 Å². The average molecular weight is 378 g/mol. The molecule has 2 saturated carbocycles. The van der Waals surface area contributed by atoms with E-state index in [2.05, 4.69) is 18.9 Å². The van der Waals surface area contributed by atoms with Gasteiger partial charge in [-0.15, -0.1) is 0 Å². The fraction of sp³-hybridized carbons (Fsp3) is 0.905. The Morgan fingerprint density at radius 2 is 1.67 bits per heavy atom. The molecule has 6 nitrogen and oxygen atoms in total. The second-order valence-corrected chi connectivity index (χ2v) is 9.29. The number of carbonyl (C=O) groups is 2. The zero-order valence-corrected chi connectivity index (χ0v) is 17.0. The van der Waals surface area contributed by atoms with Crippen molar-refractivity contribution in [3.05, 3.63) is 0 Å². The van der Waals surface area contributed by atoms with Crippen molar-refractivity contribution >= 4 is 11.8 Å². The molecule has 0 radical (unpaired) electrons. The van der Waals surface area contributed by atoms with E-state index in [4.69, 9.17) is 4.74 Å². The topological polar surface area (TPSA) is 53.1 Å². The number of amides is 2. The van der Waals surface area contributed by atoms with Crippen molar-refractivity contribution in [1.29, 1.82) is 0 Å². The van der Waals surface area contributed by atoms with Gasteiger partial charge in [0.2, 0.25) is 11.8 Å². The van der Waals surface area contributed by atoms with Gasteiger partial charge < -0.3 is 14.5 Å². The normalized spacial score (nSPS) is 35.9. The van der Waals surface area contributed by atoms with E-state index in [9.17, 15) is 9.59 Å². The van der Waals surface area contributed by atoms with Crippen LogP contribution in [0.3, 0.4) is 0 Å². The zero-order valence-electron chi connectivity index (χ0n) is 17.0. The highest BCUT2D eigenvalue weighted by molar-refractivity contribution is 5.90. The summed E-state index contributed by atoms with van der Waals surface area (Å²) in [5.41, 5.74) is -0.537. The molecule has 0 N–H and O–H groups in total. The molecule has 6 heteroatoms. The largest absolute Gasteiger partial charge is 0.353 e. The van der Waals surface area contributed by atoms with Crippen LogP contribution in [0.15, 0.2) is 0 Å². The first-order valence-electron chi connectivity index (χ1n) is 10.9. The molecule has 0 aromatic rings. The summed E-state index contributed by atoms with van der Waals surface area (Å²) in [6, 6.07) is -0.424. The highest BCUT2D eigenvalue weighted by atomic mass is 16.5. The highest BCUT2D eigenvalue weighted by Crippen LogP contribution is 2.44. The molecular formula is C21H35N3O3. The van der Waals surface area contributed by atoms with E-state index in [-0.39, 0.29) is 17.7 Å². The highest BCUT2D eigenvalue weighted by Gasteiger charge is 2.55. The second kappa shape index (κ2) is 7.70. The Morgan fingerprint density at radius 3 is 2.33 bits per heavy atom. The Hall–Kier alpha value is -1.14. The van der Waals surface area contributed by atoms with E-state index in [1.807, 2.05) is 9.80 Å². The maximum absolute atomic E-state index is 13.5. The molecule has 2 aliphatic heterocycles. The van der Waals surface area contributed by atoms with Crippen LogP contribution in [0.4, 0.5) is 0 Å². The molecule has 0 aromatic carbocycles. The van der Waals surface area contributed by atoms with Gasteiger partial charge in [0.15, 0.2) is 0 Å². The molecule has 1 spiro atoms. The number of hydrogen-bond acceptors (Lipinski definition) is 4. The van der Waals surface area contributed by atoms with Gasteiger partial charge in [0, 0.05) is 32.1 Å². The first kappa shape index (κ1) is 19.2. The summed E-state index contributed by atoms with van der Waals surface area (Å²) >= 11 is 0. The fourth-order valence-electron chi connectivity index (χ4n) is 5.63. The standard InChI is InChI=1S/C21H35N3O3/c1-16-6-5-9-21(14-16)24(19(25)17-7-3-4-8-17)18(15-27-21)20(26)23-12-10-22(2)11-13-23/h16-18H,3-15H2,1-2H3/t16-,18-,21+/m0/s1. The van der Waals surface area contributed by atoms with Crippen LogP contribution in [0.5, 0.6) is 0 Å². The van der Waals surface area contributed by atoms with Crippen molar-refractivity contribution in [1.82, 2.24) is 14.7 Å². The summed E-state index contributed by atoms with van der Waals surface area (Å²) < 4.78 is 6.34. The summed E-state index contributed by atoms with van der Waals surface area (Å²) in [5.74, 6) is 0.912. The third kappa shape index (κ3) is 3.63. The number of likely N-dealkylation sites (N-methyl/N-ethyl adjacent to an activating group) is 1. The molecule has 2 aliphatic carbocycles. The summed E-state index contributed by atoms with van der Waals surface area (Å²) in [7, 11) is 2.09. The Balaban J connectivity index is 1.57. The lowest BCUT2D eigenvalue weighted by Gasteiger charge is -2.45. The average Bonchev–Trinajstić information content (AvgIpc) is 3.30. The molecule has 27 heavy (non-hydrogen) atoms. The third-order valence-electron chi connectivity index (χ3n) is 7.23. The van der Waals surface area contributed by atoms with E-state index in [0.29, 0.717) is 12.5 Å². The summed E-state index contributed by atoms with van der Waals surface area (Å²) in [6.45, 7) is 5.92. The lowest BCUT2D eigenvalue weighted by Crippen LogP contribution is -2.60. The van der Waals surface area contributed by atoms with E-state index >= 15 is 0 Å². The zero-order chi connectivity index (χ0) is 19.0. The van der Waals surface area contributed by atoms with Crippen molar-refractivity contribution in [2.24, 2.45) is 11.8 Å². The summed E-state index contributed by atoms with van der Waals surface area (Å²) in [4.78, 5) is 33.1. The molecule has 2 saturated heterocycles. The van der Waals surface area contributed by atoms with Crippen LogP contribution in [0.25, 0.3) is 0 Å². The molecule has 0 bridgehead atoms. The Labute approximate surface area is 163 Å². The first-order valence-corrected chi connectivity index (χ1v) is 10.9. The SMILES string of the molecule is C[C@H]1CCC[C@]2(C1)OC[C@@H](C(=O)N1CCN(C)CC1)N2C(=O)C1CCCC1. The molecule has 3 atom stereocenters. The maximum atomic E-state index is 13.5. The predicted molar refractivity (Wildman–Crippen MR) is 103 cm³/mol. The van der Waals surface area contributed by atoms with Crippen LogP contribution >= 0.6 is 0 Å². The van der Waals surface area contributed by atoms with Gasteiger partial charge in [-0.3, -0.25) is 14.5 Å². The predicted octanol–water partition coefficient (Wildman–Crippen LogP) is 2.08. The number of piperazine rings is 1. The van der Waals surface area contributed by atoms with Gasteiger partial charge in [-0.25, -0.2) is 0 Å². The van der Waals surface area contributed by atoms with Crippen molar-refractivity contribution in [3.8, 4) is 0 Å². The maximum Gasteiger partial charge on any atom is 0.247 e.